The average molecular weight is 760 g/mol. The number of nitrogens with zero attached hydrogens (tertiary/aromatic N) is 7. The zero-order chi connectivity index (χ0) is 38.5. The Labute approximate surface area is 330 Å². The lowest BCUT2D eigenvalue weighted by atomic mass is 9.92. The highest BCUT2D eigenvalue weighted by atomic mass is 16.5. The SMILES string of the molecule is C#Cc1cccc2cccc(C3Cc4nc(OCC5(CN6CCOCC6)CC5)nc(N5CCN(C(=O)/C=C/CN6CCC(OC)CC6)[C@@H](CC#N)C5)c4CO3)c12. The van der Waals surface area contributed by atoms with Crippen LogP contribution in [0.25, 0.3) is 10.8 Å². The zero-order valence-corrected chi connectivity index (χ0v) is 32.5. The van der Waals surface area contributed by atoms with Crippen LogP contribution in [-0.2, 0) is 32.0 Å². The van der Waals surface area contributed by atoms with Gasteiger partial charge in [-0.3, -0.25) is 14.6 Å². The van der Waals surface area contributed by atoms with Crippen molar-refractivity contribution < 1.29 is 23.7 Å². The van der Waals surface area contributed by atoms with Crippen LogP contribution in [0, 0.1) is 29.1 Å². The first-order valence-corrected chi connectivity index (χ1v) is 20.2. The van der Waals surface area contributed by atoms with Crippen molar-refractivity contribution in [2.45, 2.75) is 63.4 Å². The number of fused-ring (bicyclic) bond motifs is 2. The van der Waals surface area contributed by atoms with E-state index >= 15 is 0 Å². The number of morpholine rings is 1. The Morgan fingerprint density at radius 2 is 1.86 bits per heavy atom. The van der Waals surface area contributed by atoms with Crippen molar-refractivity contribution in [3.63, 3.8) is 0 Å². The Bertz CT molecular complexity index is 1980. The van der Waals surface area contributed by atoms with Crippen molar-refractivity contribution in [2.75, 3.05) is 90.7 Å². The van der Waals surface area contributed by atoms with Gasteiger partial charge in [0.15, 0.2) is 0 Å². The largest absolute Gasteiger partial charge is 0.463 e. The van der Waals surface area contributed by atoms with Crippen LogP contribution in [-0.4, -0.2) is 129 Å². The van der Waals surface area contributed by atoms with Gasteiger partial charge in [0.05, 0.1) is 62.9 Å². The molecule has 1 saturated carbocycles. The molecule has 1 unspecified atom stereocenters. The maximum atomic E-state index is 13.6. The number of nitriles is 1. The topological polar surface area (TPSA) is 117 Å². The summed E-state index contributed by atoms with van der Waals surface area (Å²) in [5.74, 6) is 3.57. The van der Waals surface area contributed by atoms with Crippen molar-refractivity contribution in [3.8, 4) is 24.4 Å². The van der Waals surface area contributed by atoms with Gasteiger partial charge in [0.2, 0.25) is 5.91 Å². The van der Waals surface area contributed by atoms with E-state index in [9.17, 15) is 10.1 Å². The van der Waals surface area contributed by atoms with E-state index in [1.165, 1.54) is 0 Å². The third-order valence-corrected chi connectivity index (χ3v) is 12.3. The number of rotatable bonds is 12. The third-order valence-electron chi connectivity index (χ3n) is 12.3. The number of benzene rings is 2. The summed E-state index contributed by atoms with van der Waals surface area (Å²) in [7, 11) is 1.77. The quantitative estimate of drug-likeness (QED) is 0.192. The summed E-state index contributed by atoms with van der Waals surface area (Å²) in [6, 6.07) is 14.7. The molecule has 3 saturated heterocycles. The van der Waals surface area contributed by atoms with Crippen LogP contribution in [0.1, 0.15) is 60.6 Å². The van der Waals surface area contributed by atoms with E-state index in [1.807, 2.05) is 23.1 Å². The van der Waals surface area contributed by atoms with E-state index in [-0.39, 0.29) is 29.9 Å². The summed E-state index contributed by atoms with van der Waals surface area (Å²) in [5, 5.41) is 12.0. The standard InChI is InChI=1S/C44H53N7O5/c1-3-32-7-4-8-33-9-5-10-36(41(32)33)39-27-38-37(29-55-39)42(47-43(46-38)56-31-44(15-16-44)30-49-23-25-54-26-24-49)50-21-22-51(34(28-50)12-17-45)40(52)11-6-18-48-19-13-35(53-2)14-20-48/h1,4-11,34-35,39H,12-16,18-31H2,2H3/b11-6+/t34-,39?/m0/s1. The predicted octanol–water partition coefficient (Wildman–Crippen LogP) is 4.51. The summed E-state index contributed by atoms with van der Waals surface area (Å²) >= 11 is 0. The first-order valence-electron chi connectivity index (χ1n) is 20.2. The molecule has 12 nitrogen and oxygen atoms in total. The van der Waals surface area contributed by atoms with Gasteiger partial charge in [-0.1, -0.05) is 42.3 Å². The molecule has 0 bridgehead atoms. The van der Waals surface area contributed by atoms with Crippen LogP contribution in [0.4, 0.5) is 5.82 Å². The van der Waals surface area contributed by atoms with E-state index < -0.39 is 0 Å². The Morgan fingerprint density at radius 1 is 1.05 bits per heavy atom. The number of terminal acetylenes is 1. The molecule has 5 heterocycles. The van der Waals surface area contributed by atoms with E-state index in [1.54, 1.807) is 13.2 Å². The van der Waals surface area contributed by atoms with Crippen molar-refractivity contribution in [2.24, 2.45) is 5.41 Å². The predicted molar refractivity (Wildman–Crippen MR) is 213 cm³/mol. The van der Waals surface area contributed by atoms with Crippen LogP contribution in [0.3, 0.4) is 0 Å². The number of methoxy groups -OCH3 is 1. The van der Waals surface area contributed by atoms with E-state index in [2.05, 4.69) is 51.0 Å². The van der Waals surface area contributed by atoms with Crippen molar-refractivity contribution in [1.82, 2.24) is 24.7 Å². The minimum absolute atomic E-state index is 0.0620. The number of piperazine rings is 1. The number of carbonyl (C=O) groups excluding carboxylic acids is 1. The molecule has 4 fully saturated rings. The second kappa shape index (κ2) is 17.3. The van der Waals surface area contributed by atoms with Gasteiger partial charge in [0.1, 0.15) is 5.82 Å². The van der Waals surface area contributed by atoms with Gasteiger partial charge in [-0.25, -0.2) is 0 Å². The first-order chi connectivity index (χ1) is 27.5. The molecule has 5 aliphatic rings. The van der Waals surface area contributed by atoms with Gasteiger partial charge in [0, 0.05) is 100 Å². The zero-order valence-electron chi connectivity index (χ0n) is 32.5. The molecule has 0 N–H and O–H groups in total. The molecule has 56 heavy (non-hydrogen) atoms. The van der Waals surface area contributed by atoms with Crippen molar-refractivity contribution >= 4 is 22.5 Å². The van der Waals surface area contributed by atoms with Gasteiger partial charge < -0.3 is 28.7 Å². The van der Waals surface area contributed by atoms with Crippen LogP contribution in [0.5, 0.6) is 6.01 Å². The number of ether oxygens (including phenoxy) is 4. The van der Waals surface area contributed by atoms with Gasteiger partial charge in [-0.05, 0) is 42.7 Å². The van der Waals surface area contributed by atoms with Crippen LogP contribution < -0.4 is 9.64 Å². The second-order valence-electron chi connectivity index (χ2n) is 16.0. The van der Waals surface area contributed by atoms with Gasteiger partial charge in [0.25, 0.3) is 0 Å². The fraction of sp³-hybridized carbons (Fsp3) is 0.545. The van der Waals surface area contributed by atoms with Gasteiger partial charge >= 0.3 is 6.01 Å². The fourth-order valence-electron chi connectivity index (χ4n) is 8.83. The van der Waals surface area contributed by atoms with Crippen molar-refractivity contribution in [3.05, 3.63) is 70.9 Å². The number of piperidine rings is 1. The maximum absolute atomic E-state index is 13.6. The molecule has 0 spiro atoms. The van der Waals surface area contributed by atoms with Gasteiger partial charge in [-0.2, -0.15) is 15.2 Å². The molecule has 1 aromatic heterocycles. The Morgan fingerprint density at radius 3 is 2.61 bits per heavy atom. The van der Waals surface area contributed by atoms with Crippen LogP contribution in [0.15, 0.2) is 48.6 Å². The Hall–Kier alpha value is -4.56. The number of likely N-dealkylation sites (tertiary alicyclic amines) is 1. The molecule has 12 heteroatoms. The Balaban J connectivity index is 1.03. The van der Waals surface area contributed by atoms with Crippen LogP contribution >= 0.6 is 0 Å². The third kappa shape index (κ3) is 8.56. The molecule has 4 aliphatic heterocycles. The molecule has 1 amide bonds. The second-order valence-corrected chi connectivity index (χ2v) is 16.0. The maximum Gasteiger partial charge on any atom is 0.318 e. The van der Waals surface area contributed by atoms with Crippen molar-refractivity contribution in [1.29, 1.82) is 5.26 Å². The van der Waals surface area contributed by atoms with Gasteiger partial charge in [-0.15, -0.1) is 6.42 Å². The molecular formula is C44H53N7O5. The molecule has 2 aromatic carbocycles. The van der Waals surface area contributed by atoms with Crippen LogP contribution in [0.2, 0.25) is 0 Å². The molecule has 1 aliphatic carbocycles. The lowest BCUT2D eigenvalue weighted by Crippen LogP contribution is -2.55. The molecule has 0 radical (unpaired) electrons. The van der Waals surface area contributed by atoms with E-state index in [0.717, 1.165) is 117 Å². The summed E-state index contributed by atoms with van der Waals surface area (Å²) in [4.78, 5) is 32.6. The molecule has 8 rings (SSSR count). The number of hydrogen-bond acceptors (Lipinski definition) is 11. The highest BCUT2D eigenvalue weighted by molar-refractivity contribution is 5.91. The summed E-state index contributed by atoms with van der Waals surface area (Å²) < 4.78 is 24.3. The highest BCUT2D eigenvalue weighted by Crippen LogP contribution is 2.47. The minimum Gasteiger partial charge on any atom is -0.463 e. The number of aromatic nitrogens is 2. The average Bonchev–Trinajstić information content (AvgIpc) is 4.01. The summed E-state index contributed by atoms with van der Waals surface area (Å²) in [5.41, 5.74) is 3.79. The number of anilines is 1. The van der Waals surface area contributed by atoms with E-state index in [4.69, 9.17) is 35.3 Å². The molecule has 2 atom stereocenters. The Kier molecular flexibility index (Phi) is 11.8. The normalized spacial score (nSPS) is 23.1. The molecule has 3 aromatic rings. The number of carbonyl (C=O) groups is 1. The number of hydrogen-bond donors (Lipinski definition) is 0. The smallest absolute Gasteiger partial charge is 0.318 e. The minimum atomic E-state index is -0.295. The molecular weight excluding hydrogens is 707 g/mol. The highest BCUT2D eigenvalue weighted by Gasteiger charge is 2.45. The summed E-state index contributed by atoms with van der Waals surface area (Å²) in [6.07, 6.45) is 14.7. The molecule has 294 valence electrons. The lowest BCUT2D eigenvalue weighted by molar-refractivity contribution is -0.128. The fourth-order valence-corrected chi connectivity index (χ4v) is 8.83. The monoisotopic (exact) mass is 759 g/mol. The van der Waals surface area contributed by atoms with E-state index in [0.29, 0.717) is 51.4 Å². The summed E-state index contributed by atoms with van der Waals surface area (Å²) in [6.45, 7) is 9.41. The number of amides is 1. The first kappa shape index (κ1) is 38.3. The lowest BCUT2D eigenvalue weighted by Gasteiger charge is -2.42.